The van der Waals surface area contributed by atoms with Crippen LogP contribution in [0.5, 0.6) is 0 Å². The summed E-state index contributed by atoms with van der Waals surface area (Å²) in [5.41, 5.74) is 1.19. The minimum absolute atomic E-state index is 0.538. The average Bonchev–Trinajstić information content (AvgIpc) is 2.14. The van der Waals surface area contributed by atoms with Gasteiger partial charge in [-0.25, -0.2) is 0 Å². The monoisotopic (exact) mass is 203 g/mol. The number of rotatable bonds is 3. The molecule has 1 aromatic rings. The molecule has 72 valence electrons. The summed E-state index contributed by atoms with van der Waals surface area (Å²) >= 11 is 1.95. The molecule has 1 fully saturated rings. The van der Waals surface area contributed by atoms with Crippen molar-refractivity contribution in [1.29, 1.82) is 5.26 Å². The van der Waals surface area contributed by atoms with Crippen molar-refractivity contribution in [1.82, 2.24) is 0 Å². The number of nitriles is 1. The molecule has 0 bridgehead atoms. The number of hydrogen-bond donors (Lipinski definition) is 0. The van der Waals surface area contributed by atoms with Crippen molar-refractivity contribution in [3.05, 3.63) is 29.8 Å². The van der Waals surface area contributed by atoms with E-state index in [-0.39, 0.29) is 0 Å². The lowest BCUT2D eigenvalue weighted by molar-refractivity contribution is 0.522. The first-order chi connectivity index (χ1) is 6.90. The van der Waals surface area contributed by atoms with E-state index in [1.807, 2.05) is 17.8 Å². The Morgan fingerprint density at radius 2 is 2.14 bits per heavy atom. The van der Waals surface area contributed by atoms with Gasteiger partial charge in [0.15, 0.2) is 0 Å². The SMILES string of the molecule is N#CCc1ccccc1SC1CCC1. The lowest BCUT2D eigenvalue weighted by Gasteiger charge is -2.25. The van der Waals surface area contributed by atoms with Gasteiger partial charge in [-0.3, -0.25) is 0 Å². The van der Waals surface area contributed by atoms with Crippen LogP contribution in [0.4, 0.5) is 0 Å². The largest absolute Gasteiger partial charge is 0.198 e. The molecule has 0 aromatic heterocycles. The number of benzene rings is 1. The van der Waals surface area contributed by atoms with E-state index in [1.165, 1.54) is 29.7 Å². The van der Waals surface area contributed by atoms with E-state index < -0.39 is 0 Å². The van der Waals surface area contributed by atoms with E-state index in [0.717, 1.165) is 5.25 Å². The Balaban J connectivity index is 2.10. The molecule has 1 nitrogen and oxygen atoms in total. The second-order valence-corrected chi connectivity index (χ2v) is 4.96. The molecule has 0 saturated heterocycles. The normalized spacial score (nSPS) is 15.9. The second kappa shape index (κ2) is 4.52. The van der Waals surface area contributed by atoms with Gasteiger partial charge in [0.2, 0.25) is 0 Å². The van der Waals surface area contributed by atoms with Gasteiger partial charge >= 0.3 is 0 Å². The fraction of sp³-hybridized carbons (Fsp3) is 0.417. The third-order valence-electron chi connectivity index (χ3n) is 2.59. The Hall–Kier alpha value is -0.940. The van der Waals surface area contributed by atoms with Crippen LogP contribution in [0.1, 0.15) is 24.8 Å². The van der Waals surface area contributed by atoms with Crippen molar-refractivity contribution in [3.8, 4) is 6.07 Å². The van der Waals surface area contributed by atoms with Crippen LogP contribution < -0.4 is 0 Å². The predicted octanol–water partition coefficient (Wildman–Crippen LogP) is 3.40. The van der Waals surface area contributed by atoms with Crippen molar-refractivity contribution in [2.75, 3.05) is 0 Å². The third kappa shape index (κ3) is 2.10. The Morgan fingerprint density at radius 1 is 1.36 bits per heavy atom. The van der Waals surface area contributed by atoms with Crippen LogP contribution >= 0.6 is 11.8 Å². The van der Waals surface area contributed by atoms with E-state index in [1.54, 1.807) is 0 Å². The number of nitrogens with zero attached hydrogens (tertiary/aromatic N) is 1. The van der Waals surface area contributed by atoms with Crippen LogP contribution in [-0.2, 0) is 6.42 Å². The van der Waals surface area contributed by atoms with Gasteiger partial charge in [0.05, 0.1) is 12.5 Å². The van der Waals surface area contributed by atoms with Gasteiger partial charge in [0.1, 0.15) is 0 Å². The van der Waals surface area contributed by atoms with E-state index in [2.05, 4.69) is 24.3 Å². The molecule has 14 heavy (non-hydrogen) atoms. The highest BCUT2D eigenvalue weighted by atomic mass is 32.2. The summed E-state index contributed by atoms with van der Waals surface area (Å²) in [4.78, 5) is 1.30. The van der Waals surface area contributed by atoms with Gasteiger partial charge in [0, 0.05) is 10.1 Å². The Labute approximate surface area is 89.1 Å². The predicted molar refractivity (Wildman–Crippen MR) is 59.3 cm³/mol. The Morgan fingerprint density at radius 3 is 2.79 bits per heavy atom. The zero-order valence-corrected chi connectivity index (χ0v) is 8.89. The van der Waals surface area contributed by atoms with Crippen molar-refractivity contribution in [2.24, 2.45) is 0 Å². The molecule has 0 spiro atoms. The summed E-state index contributed by atoms with van der Waals surface area (Å²) in [6, 6.07) is 10.5. The molecular weight excluding hydrogens is 190 g/mol. The lowest BCUT2D eigenvalue weighted by Crippen LogP contribution is -2.13. The molecule has 0 atom stereocenters. The smallest absolute Gasteiger partial charge is 0.0670 e. The molecule has 1 aliphatic carbocycles. The molecule has 2 rings (SSSR count). The van der Waals surface area contributed by atoms with Gasteiger partial charge in [-0.1, -0.05) is 24.6 Å². The standard InChI is InChI=1S/C12H13NS/c13-9-8-10-4-1-2-7-12(10)14-11-5-3-6-11/h1-2,4,7,11H,3,5-6,8H2. The second-order valence-electron chi connectivity index (χ2n) is 3.61. The first-order valence-corrected chi connectivity index (χ1v) is 5.89. The van der Waals surface area contributed by atoms with Gasteiger partial charge in [0.25, 0.3) is 0 Å². The first kappa shape index (κ1) is 9.61. The van der Waals surface area contributed by atoms with Crippen LogP contribution in [0.25, 0.3) is 0 Å². The van der Waals surface area contributed by atoms with Gasteiger partial charge in [-0.2, -0.15) is 5.26 Å². The molecule has 0 N–H and O–H groups in total. The minimum Gasteiger partial charge on any atom is -0.198 e. The molecule has 0 radical (unpaired) electrons. The maximum absolute atomic E-state index is 8.69. The molecule has 2 heteroatoms. The fourth-order valence-electron chi connectivity index (χ4n) is 1.52. The third-order valence-corrected chi connectivity index (χ3v) is 4.04. The molecule has 0 aliphatic heterocycles. The Bertz CT molecular complexity index is 350. The first-order valence-electron chi connectivity index (χ1n) is 5.01. The van der Waals surface area contributed by atoms with Crippen LogP contribution in [0, 0.1) is 11.3 Å². The van der Waals surface area contributed by atoms with Crippen LogP contribution in [0.15, 0.2) is 29.2 Å². The van der Waals surface area contributed by atoms with E-state index >= 15 is 0 Å². The average molecular weight is 203 g/mol. The molecule has 1 aliphatic rings. The molecule has 1 saturated carbocycles. The highest BCUT2D eigenvalue weighted by Crippen LogP contribution is 2.37. The van der Waals surface area contributed by atoms with Gasteiger partial charge in [-0.05, 0) is 24.5 Å². The van der Waals surface area contributed by atoms with Crippen molar-refractivity contribution in [3.63, 3.8) is 0 Å². The topological polar surface area (TPSA) is 23.8 Å². The van der Waals surface area contributed by atoms with E-state index in [4.69, 9.17) is 5.26 Å². The molecule has 0 unspecified atom stereocenters. The number of hydrogen-bond acceptors (Lipinski definition) is 2. The van der Waals surface area contributed by atoms with Crippen molar-refractivity contribution in [2.45, 2.75) is 35.8 Å². The Kier molecular flexibility index (Phi) is 3.10. The summed E-state index contributed by atoms with van der Waals surface area (Å²) in [7, 11) is 0. The van der Waals surface area contributed by atoms with Crippen LogP contribution in [0.2, 0.25) is 0 Å². The van der Waals surface area contributed by atoms with Crippen molar-refractivity contribution >= 4 is 11.8 Å². The van der Waals surface area contributed by atoms with Gasteiger partial charge in [-0.15, -0.1) is 11.8 Å². The minimum atomic E-state index is 0.538. The van der Waals surface area contributed by atoms with E-state index in [9.17, 15) is 0 Å². The summed E-state index contributed by atoms with van der Waals surface area (Å²) in [6.07, 6.45) is 4.59. The van der Waals surface area contributed by atoms with E-state index in [0.29, 0.717) is 6.42 Å². The summed E-state index contributed by atoms with van der Waals surface area (Å²) in [5.74, 6) is 0. The van der Waals surface area contributed by atoms with Crippen LogP contribution in [-0.4, -0.2) is 5.25 Å². The highest BCUT2D eigenvalue weighted by Gasteiger charge is 2.19. The fourth-order valence-corrected chi connectivity index (χ4v) is 2.90. The molecular formula is C12H13NS. The summed E-state index contributed by atoms with van der Waals surface area (Å²) in [5, 5.41) is 9.49. The zero-order valence-electron chi connectivity index (χ0n) is 8.07. The number of thioether (sulfide) groups is 1. The summed E-state index contributed by atoms with van der Waals surface area (Å²) < 4.78 is 0. The molecule has 1 aromatic carbocycles. The quantitative estimate of drug-likeness (QED) is 0.751. The maximum Gasteiger partial charge on any atom is 0.0670 e. The molecule has 0 heterocycles. The lowest BCUT2D eigenvalue weighted by atomic mass is 10.00. The molecule has 0 amide bonds. The maximum atomic E-state index is 8.69. The highest BCUT2D eigenvalue weighted by molar-refractivity contribution is 8.00. The van der Waals surface area contributed by atoms with Crippen molar-refractivity contribution < 1.29 is 0 Å². The zero-order chi connectivity index (χ0) is 9.80. The van der Waals surface area contributed by atoms with Crippen LogP contribution in [0.3, 0.4) is 0 Å². The summed E-state index contributed by atoms with van der Waals surface area (Å²) in [6.45, 7) is 0. The van der Waals surface area contributed by atoms with Gasteiger partial charge < -0.3 is 0 Å².